The maximum atomic E-state index is 11.8. The van der Waals surface area contributed by atoms with Crippen molar-refractivity contribution < 1.29 is 19.1 Å². The predicted octanol–water partition coefficient (Wildman–Crippen LogP) is 9.72. The quantitative estimate of drug-likeness (QED) is 0.0883. The number of hydrogen-bond donors (Lipinski definition) is 0. The fourth-order valence-corrected chi connectivity index (χ4v) is 4.38. The van der Waals surface area contributed by atoms with Crippen LogP contribution in [0.15, 0.2) is 0 Å². The molecule has 208 valence electrons. The Bertz CT molecular complexity index is 475. The molecule has 0 aliphatic heterocycles. The van der Waals surface area contributed by atoms with Gasteiger partial charge in [-0.1, -0.05) is 130 Å². The summed E-state index contributed by atoms with van der Waals surface area (Å²) in [6.07, 6.45) is 26.3. The van der Waals surface area contributed by atoms with Crippen molar-refractivity contribution in [2.75, 3.05) is 6.61 Å². The van der Waals surface area contributed by atoms with E-state index in [2.05, 4.69) is 20.8 Å². The fourth-order valence-electron chi connectivity index (χ4n) is 4.38. The minimum Gasteiger partial charge on any atom is -0.466 e. The maximum absolute atomic E-state index is 11.8. The number of esters is 2. The average Bonchev–Trinajstić information content (AvgIpc) is 2.83. The van der Waals surface area contributed by atoms with Crippen LogP contribution in [0.4, 0.5) is 0 Å². The zero-order valence-electron chi connectivity index (χ0n) is 24.1. The smallest absolute Gasteiger partial charge is 0.306 e. The van der Waals surface area contributed by atoms with Crippen molar-refractivity contribution in [2.45, 2.75) is 175 Å². The minimum absolute atomic E-state index is 0.0827. The van der Waals surface area contributed by atoms with Gasteiger partial charge in [0.25, 0.3) is 0 Å². The third-order valence-corrected chi connectivity index (χ3v) is 6.78. The van der Waals surface area contributed by atoms with Crippen LogP contribution in [0.3, 0.4) is 0 Å². The first-order chi connectivity index (χ1) is 17.0. The van der Waals surface area contributed by atoms with Gasteiger partial charge in [-0.25, -0.2) is 0 Å². The summed E-state index contributed by atoms with van der Waals surface area (Å²) in [5.41, 5.74) is 0. The zero-order valence-corrected chi connectivity index (χ0v) is 24.1. The fraction of sp³-hybridized carbons (Fsp3) is 0.935. The molecule has 35 heavy (non-hydrogen) atoms. The summed E-state index contributed by atoms with van der Waals surface area (Å²) < 4.78 is 10.6. The van der Waals surface area contributed by atoms with Crippen LogP contribution in [0, 0.1) is 5.92 Å². The average molecular weight is 497 g/mol. The highest BCUT2D eigenvalue weighted by Crippen LogP contribution is 2.14. The predicted molar refractivity (Wildman–Crippen MR) is 149 cm³/mol. The van der Waals surface area contributed by atoms with Gasteiger partial charge in [0.2, 0.25) is 0 Å². The normalized spacial score (nSPS) is 12.1. The molecule has 0 aromatic carbocycles. The van der Waals surface area contributed by atoms with Crippen molar-refractivity contribution in [3.63, 3.8) is 0 Å². The molecule has 0 spiro atoms. The molecule has 0 rings (SSSR count). The van der Waals surface area contributed by atoms with Crippen molar-refractivity contribution in [2.24, 2.45) is 5.92 Å². The van der Waals surface area contributed by atoms with Crippen LogP contribution in [0.2, 0.25) is 0 Å². The summed E-state index contributed by atoms with van der Waals surface area (Å²) >= 11 is 0. The topological polar surface area (TPSA) is 52.6 Å². The first-order valence-corrected chi connectivity index (χ1v) is 15.3. The summed E-state index contributed by atoms with van der Waals surface area (Å²) in [6.45, 7) is 8.98. The molecule has 0 fully saturated rings. The number of unbranched alkanes of at least 4 members (excludes halogenated alkanes) is 17. The van der Waals surface area contributed by atoms with E-state index in [0.29, 0.717) is 12.5 Å². The Balaban J connectivity index is 3.30. The number of carbonyl (C=O) groups is 2. The van der Waals surface area contributed by atoms with E-state index in [9.17, 15) is 9.59 Å². The molecule has 0 N–H and O–H groups in total. The summed E-state index contributed by atoms with van der Waals surface area (Å²) in [6, 6.07) is 0. The second-order valence-corrected chi connectivity index (χ2v) is 11.0. The Morgan fingerprint density at radius 2 is 0.943 bits per heavy atom. The van der Waals surface area contributed by atoms with Gasteiger partial charge in [0.05, 0.1) is 25.6 Å². The Labute approximate surface area is 218 Å². The molecule has 0 aliphatic rings. The first kappa shape index (κ1) is 33.9. The molecule has 0 heterocycles. The first-order valence-electron chi connectivity index (χ1n) is 15.3. The molecule has 1 atom stereocenters. The largest absolute Gasteiger partial charge is 0.466 e. The van der Waals surface area contributed by atoms with E-state index >= 15 is 0 Å². The van der Waals surface area contributed by atoms with Crippen LogP contribution >= 0.6 is 0 Å². The molecule has 1 unspecified atom stereocenters. The summed E-state index contributed by atoms with van der Waals surface area (Å²) in [5, 5.41) is 0. The molecule has 4 nitrogen and oxygen atoms in total. The molecule has 0 saturated carbocycles. The van der Waals surface area contributed by atoms with Gasteiger partial charge in [-0.3, -0.25) is 9.59 Å². The Morgan fingerprint density at radius 3 is 1.37 bits per heavy atom. The lowest BCUT2D eigenvalue weighted by atomic mass is 10.0. The van der Waals surface area contributed by atoms with Crippen molar-refractivity contribution in [1.29, 1.82) is 0 Å². The van der Waals surface area contributed by atoms with Crippen molar-refractivity contribution in [3.8, 4) is 0 Å². The molecule has 0 aromatic heterocycles. The lowest BCUT2D eigenvalue weighted by Crippen LogP contribution is -2.17. The van der Waals surface area contributed by atoms with Gasteiger partial charge in [-0.05, 0) is 32.1 Å². The molecule has 0 saturated heterocycles. The summed E-state index contributed by atoms with van der Waals surface area (Å²) in [4.78, 5) is 23.6. The highest BCUT2D eigenvalue weighted by Gasteiger charge is 2.13. The highest BCUT2D eigenvalue weighted by atomic mass is 16.5. The number of rotatable bonds is 26. The highest BCUT2D eigenvalue weighted by molar-refractivity contribution is 5.77. The van der Waals surface area contributed by atoms with E-state index < -0.39 is 0 Å². The van der Waals surface area contributed by atoms with Gasteiger partial charge in [0.15, 0.2) is 0 Å². The molecule has 0 bridgehead atoms. The van der Waals surface area contributed by atoms with Crippen molar-refractivity contribution in [1.82, 2.24) is 0 Å². The van der Waals surface area contributed by atoms with Crippen LogP contribution < -0.4 is 0 Å². The van der Waals surface area contributed by atoms with Crippen LogP contribution in [-0.4, -0.2) is 24.6 Å². The second kappa shape index (κ2) is 26.0. The SMILES string of the molecule is CCCCCCCCCCCCCCCCCCCCOC(=O)CCC(=O)OC(C)CCC(C)C. The lowest BCUT2D eigenvalue weighted by Gasteiger charge is -2.14. The van der Waals surface area contributed by atoms with Crippen LogP contribution in [-0.2, 0) is 19.1 Å². The van der Waals surface area contributed by atoms with Crippen molar-refractivity contribution >= 4 is 11.9 Å². The Hall–Kier alpha value is -1.06. The van der Waals surface area contributed by atoms with Gasteiger partial charge in [-0.15, -0.1) is 0 Å². The van der Waals surface area contributed by atoms with E-state index in [0.717, 1.165) is 25.7 Å². The monoisotopic (exact) mass is 496 g/mol. The molecule has 0 amide bonds. The molecule has 4 heteroatoms. The van der Waals surface area contributed by atoms with Gasteiger partial charge in [-0.2, -0.15) is 0 Å². The molecule has 0 aliphatic carbocycles. The van der Waals surface area contributed by atoms with E-state index in [1.807, 2.05) is 6.92 Å². The standard InChI is InChI=1S/C31H60O4/c1-5-6-7-8-9-10-11-12-13-14-15-16-17-18-19-20-21-22-27-34-30(32)25-26-31(33)35-29(4)24-23-28(2)3/h28-29H,5-27H2,1-4H3. The van der Waals surface area contributed by atoms with Gasteiger partial charge < -0.3 is 9.47 Å². The number of ether oxygens (including phenoxy) is 2. The van der Waals surface area contributed by atoms with Crippen LogP contribution in [0.1, 0.15) is 169 Å². The van der Waals surface area contributed by atoms with Crippen molar-refractivity contribution in [3.05, 3.63) is 0 Å². The van der Waals surface area contributed by atoms with Gasteiger partial charge in [0.1, 0.15) is 0 Å². The Morgan fingerprint density at radius 1 is 0.543 bits per heavy atom. The van der Waals surface area contributed by atoms with Gasteiger partial charge in [0, 0.05) is 0 Å². The van der Waals surface area contributed by atoms with Crippen LogP contribution in [0.5, 0.6) is 0 Å². The van der Waals surface area contributed by atoms with E-state index in [1.54, 1.807) is 0 Å². The van der Waals surface area contributed by atoms with Crippen LogP contribution in [0.25, 0.3) is 0 Å². The van der Waals surface area contributed by atoms with E-state index in [1.165, 1.54) is 103 Å². The van der Waals surface area contributed by atoms with Gasteiger partial charge >= 0.3 is 11.9 Å². The summed E-state index contributed by atoms with van der Waals surface area (Å²) in [5.74, 6) is 0.0143. The zero-order chi connectivity index (χ0) is 26.0. The second-order valence-electron chi connectivity index (χ2n) is 11.0. The number of carbonyl (C=O) groups excluding carboxylic acids is 2. The third-order valence-electron chi connectivity index (χ3n) is 6.78. The molecule has 0 radical (unpaired) electrons. The molecular weight excluding hydrogens is 436 g/mol. The maximum Gasteiger partial charge on any atom is 0.306 e. The Kier molecular flexibility index (Phi) is 25.2. The minimum atomic E-state index is -0.300. The molecule has 0 aromatic rings. The third kappa shape index (κ3) is 27.4. The number of hydrogen-bond acceptors (Lipinski definition) is 4. The lowest BCUT2D eigenvalue weighted by molar-refractivity contribution is -0.153. The summed E-state index contributed by atoms with van der Waals surface area (Å²) in [7, 11) is 0. The van der Waals surface area contributed by atoms with E-state index in [4.69, 9.17) is 9.47 Å². The van der Waals surface area contributed by atoms with E-state index in [-0.39, 0.29) is 30.9 Å². The molecular formula is C31H60O4.